The minimum atomic E-state index is 0.577. The summed E-state index contributed by atoms with van der Waals surface area (Å²) in [6.07, 6.45) is 0. The number of halogens is 1. The molecule has 14 heavy (non-hydrogen) atoms. The Hall–Kier alpha value is -0.850. The molecule has 0 saturated carbocycles. The molecule has 0 unspecified atom stereocenters. The number of hydrogen-bond acceptors (Lipinski definition) is 3. The summed E-state index contributed by atoms with van der Waals surface area (Å²) in [4.78, 5) is 0. The maximum absolute atomic E-state index is 6.83. The van der Waals surface area contributed by atoms with E-state index in [0.29, 0.717) is 6.54 Å². The highest BCUT2D eigenvalue weighted by Crippen LogP contribution is 2.22. The highest BCUT2D eigenvalue weighted by molar-refractivity contribution is 14.1. The average molecular weight is 305 g/mol. The van der Waals surface area contributed by atoms with Gasteiger partial charge in [0.2, 0.25) is 0 Å². The zero-order valence-corrected chi connectivity index (χ0v) is 10.3. The van der Waals surface area contributed by atoms with Gasteiger partial charge in [-0.25, -0.2) is 3.22 Å². The van der Waals surface area contributed by atoms with E-state index in [4.69, 9.17) is 10.3 Å². The van der Waals surface area contributed by atoms with E-state index in [9.17, 15) is 0 Å². The molecule has 0 bridgehead atoms. The van der Waals surface area contributed by atoms with Crippen LogP contribution in [0.3, 0.4) is 0 Å². The molecule has 1 aromatic carbocycles. The molecule has 0 amide bonds. The zero-order valence-electron chi connectivity index (χ0n) is 8.12. The Bertz CT molecular complexity index is 330. The summed E-state index contributed by atoms with van der Waals surface area (Å²) in [5, 5.41) is 3.30. The Morgan fingerprint density at radius 1 is 1.57 bits per heavy atom. The smallest absolute Gasteiger partial charge is 0.124 e. The van der Waals surface area contributed by atoms with Crippen molar-refractivity contribution in [2.45, 2.75) is 13.5 Å². The first-order chi connectivity index (χ1) is 6.67. The molecule has 1 aromatic rings. The Labute approximate surface area is 97.2 Å². The van der Waals surface area contributed by atoms with E-state index in [2.05, 4.69) is 5.22 Å². The SMILES string of the molecule is COc1cc(C)ccc1CN(I)N=N. The van der Waals surface area contributed by atoms with E-state index in [-0.39, 0.29) is 0 Å². The topological polar surface area (TPSA) is 48.7 Å². The highest BCUT2D eigenvalue weighted by atomic mass is 127. The maximum Gasteiger partial charge on any atom is 0.124 e. The summed E-state index contributed by atoms with van der Waals surface area (Å²) >= 11 is 1.97. The Morgan fingerprint density at radius 2 is 2.29 bits per heavy atom. The molecule has 1 rings (SSSR count). The number of aryl methyl sites for hydroxylation is 1. The van der Waals surface area contributed by atoms with Gasteiger partial charge >= 0.3 is 0 Å². The van der Waals surface area contributed by atoms with Crippen LogP contribution < -0.4 is 4.74 Å². The number of ether oxygens (including phenoxy) is 1. The second-order valence-electron chi connectivity index (χ2n) is 2.91. The van der Waals surface area contributed by atoms with Crippen LogP contribution in [0.1, 0.15) is 11.1 Å². The molecule has 0 aliphatic carbocycles. The van der Waals surface area contributed by atoms with Gasteiger partial charge in [0, 0.05) is 5.56 Å². The van der Waals surface area contributed by atoms with Gasteiger partial charge in [-0.1, -0.05) is 17.4 Å². The van der Waals surface area contributed by atoms with Gasteiger partial charge in [-0.15, -0.1) is 0 Å². The third-order valence-corrected chi connectivity index (χ3v) is 2.41. The Morgan fingerprint density at radius 3 is 2.86 bits per heavy atom. The fraction of sp³-hybridized carbons (Fsp3) is 0.333. The van der Waals surface area contributed by atoms with E-state index >= 15 is 0 Å². The molecule has 0 aliphatic heterocycles. The summed E-state index contributed by atoms with van der Waals surface area (Å²) in [6, 6.07) is 5.99. The summed E-state index contributed by atoms with van der Waals surface area (Å²) in [7, 11) is 1.65. The van der Waals surface area contributed by atoms with E-state index < -0.39 is 0 Å². The Kier molecular flexibility index (Phi) is 4.12. The van der Waals surface area contributed by atoms with Gasteiger partial charge in [-0.05, 0) is 18.6 Å². The van der Waals surface area contributed by atoms with E-state index in [1.54, 1.807) is 7.11 Å². The third-order valence-electron chi connectivity index (χ3n) is 1.85. The number of methoxy groups -OCH3 is 1. The first kappa shape index (κ1) is 11.2. The minimum Gasteiger partial charge on any atom is -0.496 e. The lowest BCUT2D eigenvalue weighted by molar-refractivity contribution is 0.398. The van der Waals surface area contributed by atoms with E-state index in [0.717, 1.165) is 16.9 Å². The number of benzene rings is 1. The average Bonchev–Trinajstić information content (AvgIpc) is 2.20. The fourth-order valence-electron chi connectivity index (χ4n) is 1.16. The lowest BCUT2D eigenvalue weighted by Crippen LogP contribution is -2.03. The summed E-state index contributed by atoms with van der Waals surface area (Å²) in [6.45, 7) is 2.59. The molecule has 1 N–H and O–H groups in total. The van der Waals surface area contributed by atoms with Gasteiger partial charge in [-0.2, -0.15) is 5.53 Å². The second kappa shape index (κ2) is 5.14. The van der Waals surface area contributed by atoms with Gasteiger partial charge in [-0.3, -0.25) is 0 Å². The number of nitrogens with one attached hydrogen (secondary N) is 1. The van der Waals surface area contributed by atoms with Crippen LogP contribution in [-0.4, -0.2) is 10.3 Å². The molecule has 0 radical (unpaired) electrons. The summed E-state index contributed by atoms with van der Waals surface area (Å²) < 4.78 is 6.76. The van der Waals surface area contributed by atoms with Crippen molar-refractivity contribution in [1.29, 1.82) is 5.53 Å². The quantitative estimate of drug-likeness (QED) is 0.402. The van der Waals surface area contributed by atoms with Crippen LogP contribution in [0.15, 0.2) is 23.4 Å². The largest absolute Gasteiger partial charge is 0.496 e. The molecule has 5 heteroatoms. The molecule has 0 fully saturated rings. The fourth-order valence-corrected chi connectivity index (χ4v) is 1.53. The highest BCUT2D eigenvalue weighted by Gasteiger charge is 2.05. The minimum absolute atomic E-state index is 0.577. The second-order valence-corrected chi connectivity index (χ2v) is 4.02. The molecule has 76 valence electrons. The van der Waals surface area contributed by atoms with Gasteiger partial charge in [0.05, 0.1) is 36.5 Å². The van der Waals surface area contributed by atoms with Crippen molar-refractivity contribution in [3.05, 3.63) is 29.3 Å². The first-order valence-electron chi connectivity index (χ1n) is 4.11. The van der Waals surface area contributed by atoms with E-state index in [1.165, 1.54) is 3.22 Å². The third kappa shape index (κ3) is 2.83. The van der Waals surface area contributed by atoms with Crippen LogP contribution in [-0.2, 0) is 6.54 Å². The lowest BCUT2D eigenvalue weighted by atomic mass is 10.1. The van der Waals surface area contributed by atoms with Crippen molar-refractivity contribution < 1.29 is 4.74 Å². The van der Waals surface area contributed by atoms with E-state index in [1.807, 2.05) is 48.0 Å². The van der Waals surface area contributed by atoms with Crippen molar-refractivity contribution >= 4 is 22.9 Å². The summed E-state index contributed by atoms with van der Waals surface area (Å²) in [5.74, 6) is 0.843. The van der Waals surface area contributed by atoms with Crippen LogP contribution >= 0.6 is 22.9 Å². The standard InChI is InChI=1S/C9H12IN3O/c1-7-3-4-8(6-13(10)12-11)9(5-7)14-2/h3-5,11H,6H2,1-2H3. The monoisotopic (exact) mass is 305 g/mol. The van der Waals surface area contributed by atoms with Crippen LogP contribution in [0, 0.1) is 12.5 Å². The van der Waals surface area contributed by atoms with Crippen molar-refractivity contribution in [3.63, 3.8) is 0 Å². The molecule has 0 heterocycles. The van der Waals surface area contributed by atoms with Crippen molar-refractivity contribution in [2.24, 2.45) is 5.22 Å². The number of hydrogen-bond donors (Lipinski definition) is 1. The predicted octanol–water partition coefficient (Wildman–Crippen LogP) is 3.10. The molecule has 0 aliphatic rings. The predicted molar refractivity (Wildman–Crippen MR) is 62.4 cm³/mol. The van der Waals surface area contributed by atoms with Gasteiger partial charge < -0.3 is 4.74 Å². The molecule has 0 aromatic heterocycles. The first-order valence-corrected chi connectivity index (χ1v) is 5.08. The van der Waals surface area contributed by atoms with Crippen LogP contribution in [0.2, 0.25) is 0 Å². The number of nitrogens with zero attached hydrogens (tertiary/aromatic N) is 2. The molecule has 0 saturated heterocycles. The van der Waals surface area contributed by atoms with Gasteiger partial charge in [0.25, 0.3) is 0 Å². The normalized spacial score (nSPS) is 9.64. The van der Waals surface area contributed by atoms with Crippen LogP contribution in [0.4, 0.5) is 0 Å². The van der Waals surface area contributed by atoms with Crippen LogP contribution in [0.25, 0.3) is 0 Å². The number of rotatable bonds is 4. The van der Waals surface area contributed by atoms with Gasteiger partial charge in [0.1, 0.15) is 5.75 Å². The Balaban J connectivity index is 2.90. The molecular formula is C9H12IN3O. The molecular weight excluding hydrogens is 293 g/mol. The zero-order chi connectivity index (χ0) is 10.6. The van der Waals surface area contributed by atoms with Crippen molar-refractivity contribution in [2.75, 3.05) is 7.11 Å². The van der Waals surface area contributed by atoms with Gasteiger partial charge in [0.15, 0.2) is 0 Å². The maximum atomic E-state index is 6.83. The molecule has 4 nitrogen and oxygen atoms in total. The van der Waals surface area contributed by atoms with Crippen molar-refractivity contribution in [1.82, 2.24) is 3.22 Å². The molecule has 0 atom stereocenters. The lowest BCUT2D eigenvalue weighted by Gasteiger charge is -2.12. The summed E-state index contributed by atoms with van der Waals surface area (Å²) in [5.41, 5.74) is 9.02. The molecule has 0 spiro atoms. The van der Waals surface area contributed by atoms with Crippen LogP contribution in [0.5, 0.6) is 5.75 Å². The van der Waals surface area contributed by atoms with Crippen molar-refractivity contribution in [3.8, 4) is 5.75 Å².